The van der Waals surface area contributed by atoms with Crippen molar-refractivity contribution in [2.45, 2.75) is 0 Å². The molecule has 0 fully saturated rings. The van der Waals surface area contributed by atoms with Gasteiger partial charge in [-0.25, -0.2) is 0 Å². The Bertz CT molecular complexity index is 642. The zero-order valence-electron chi connectivity index (χ0n) is 9.88. The second-order valence-corrected chi connectivity index (χ2v) is 4.15. The predicted octanol–water partition coefficient (Wildman–Crippen LogP) is 3.80. The molecule has 0 aliphatic carbocycles. The molecule has 1 aliphatic rings. The molecule has 0 spiro atoms. The first-order chi connectivity index (χ1) is 8.86. The molecule has 3 nitrogen and oxygen atoms in total. The van der Waals surface area contributed by atoms with Gasteiger partial charge in [0.25, 0.3) is 0 Å². The Morgan fingerprint density at radius 2 is 1.61 bits per heavy atom. The van der Waals surface area contributed by atoms with Gasteiger partial charge < -0.3 is 5.73 Å². The Morgan fingerprint density at radius 1 is 0.889 bits per heavy atom. The second-order valence-electron chi connectivity index (χ2n) is 4.15. The monoisotopic (exact) mass is 235 g/mol. The Kier molecular flexibility index (Phi) is 2.65. The summed E-state index contributed by atoms with van der Waals surface area (Å²) < 4.78 is 0. The highest BCUT2D eigenvalue weighted by molar-refractivity contribution is 5.89. The van der Waals surface area contributed by atoms with Gasteiger partial charge in [0.2, 0.25) is 0 Å². The van der Waals surface area contributed by atoms with E-state index in [1.54, 1.807) is 0 Å². The summed E-state index contributed by atoms with van der Waals surface area (Å²) >= 11 is 0. The van der Waals surface area contributed by atoms with Crippen LogP contribution >= 0.6 is 0 Å². The zero-order chi connectivity index (χ0) is 12.4. The van der Waals surface area contributed by atoms with Crippen LogP contribution in [0.25, 0.3) is 5.57 Å². The SMILES string of the molecule is Nc1ccccc1C1=CCN=Nc2ccccc21. The molecule has 2 aromatic rings. The van der Waals surface area contributed by atoms with Crippen LogP contribution in [-0.2, 0) is 0 Å². The highest BCUT2D eigenvalue weighted by Crippen LogP contribution is 2.35. The van der Waals surface area contributed by atoms with Crippen molar-refractivity contribution in [2.75, 3.05) is 12.3 Å². The van der Waals surface area contributed by atoms with E-state index in [-0.39, 0.29) is 0 Å². The molecule has 0 amide bonds. The summed E-state index contributed by atoms with van der Waals surface area (Å²) in [5, 5.41) is 8.35. The van der Waals surface area contributed by atoms with Gasteiger partial charge in [-0.3, -0.25) is 0 Å². The molecule has 0 atom stereocenters. The number of hydrogen-bond acceptors (Lipinski definition) is 3. The minimum absolute atomic E-state index is 0.582. The molecule has 0 bridgehead atoms. The van der Waals surface area contributed by atoms with E-state index >= 15 is 0 Å². The molecule has 0 unspecified atom stereocenters. The van der Waals surface area contributed by atoms with E-state index in [4.69, 9.17) is 5.73 Å². The van der Waals surface area contributed by atoms with Crippen molar-refractivity contribution < 1.29 is 0 Å². The van der Waals surface area contributed by atoms with Crippen molar-refractivity contribution in [3.63, 3.8) is 0 Å². The number of fused-ring (bicyclic) bond motifs is 1. The fourth-order valence-electron chi connectivity index (χ4n) is 2.15. The molecule has 3 heteroatoms. The fourth-order valence-corrected chi connectivity index (χ4v) is 2.15. The van der Waals surface area contributed by atoms with Crippen molar-refractivity contribution in [1.29, 1.82) is 0 Å². The molecule has 1 aliphatic heterocycles. The summed E-state index contributed by atoms with van der Waals surface area (Å²) in [4.78, 5) is 0. The molecular weight excluding hydrogens is 222 g/mol. The van der Waals surface area contributed by atoms with Crippen molar-refractivity contribution in [3.8, 4) is 0 Å². The number of benzene rings is 2. The van der Waals surface area contributed by atoms with E-state index in [0.29, 0.717) is 6.54 Å². The standard InChI is InChI=1S/C15H13N3/c16-14-7-3-1-5-12(14)11-9-10-17-18-15-8-4-2-6-13(11)15/h1-9H,10,16H2. The quantitative estimate of drug-likeness (QED) is 0.751. The van der Waals surface area contributed by atoms with Crippen molar-refractivity contribution in [3.05, 3.63) is 65.7 Å². The number of azo groups is 1. The number of para-hydroxylation sites is 1. The normalized spacial score (nSPS) is 13.7. The minimum Gasteiger partial charge on any atom is -0.398 e. The van der Waals surface area contributed by atoms with Gasteiger partial charge >= 0.3 is 0 Å². The number of anilines is 1. The van der Waals surface area contributed by atoms with Crippen LogP contribution in [0.4, 0.5) is 11.4 Å². The summed E-state index contributed by atoms with van der Waals surface area (Å²) in [6, 6.07) is 15.9. The van der Waals surface area contributed by atoms with Gasteiger partial charge in [-0.2, -0.15) is 10.2 Å². The predicted molar refractivity (Wildman–Crippen MR) is 73.8 cm³/mol. The Hall–Kier alpha value is -2.42. The minimum atomic E-state index is 0.582. The molecule has 0 aromatic heterocycles. The Morgan fingerprint density at radius 3 is 2.44 bits per heavy atom. The summed E-state index contributed by atoms with van der Waals surface area (Å²) in [7, 11) is 0. The van der Waals surface area contributed by atoms with Gasteiger partial charge in [0.1, 0.15) is 0 Å². The van der Waals surface area contributed by atoms with Gasteiger partial charge in [-0.05, 0) is 17.7 Å². The van der Waals surface area contributed by atoms with Crippen LogP contribution in [0, 0.1) is 0 Å². The molecule has 3 rings (SSSR count). The smallest absolute Gasteiger partial charge is 0.0931 e. The summed E-state index contributed by atoms with van der Waals surface area (Å²) in [5.41, 5.74) is 11.0. The average molecular weight is 235 g/mol. The Labute approximate surface area is 106 Å². The lowest BCUT2D eigenvalue weighted by Gasteiger charge is -2.11. The first-order valence-electron chi connectivity index (χ1n) is 5.88. The van der Waals surface area contributed by atoms with Crippen LogP contribution in [0.2, 0.25) is 0 Å². The van der Waals surface area contributed by atoms with Crippen LogP contribution in [0.15, 0.2) is 64.8 Å². The van der Waals surface area contributed by atoms with Gasteiger partial charge in [0.15, 0.2) is 0 Å². The first kappa shape index (κ1) is 10.7. The maximum atomic E-state index is 6.06. The number of hydrogen-bond donors (Lipinski definition) is 1. The third kappa shape index (κ3) is 1.80. The summed E-state index contributed by atoms with van der Waals surface area (Å²) in [5.74, 6) is 0. The number of rotatable bonds is 1. The number of nitrogens with two attached hydrogens (primary N) is 1. The highest BCUT2D eigenvalue weighted by Gasteiger charge is 2.13. The fraction of sp³-hybridized carbons (Fsp3) is 0.0667. The molecular formula is C15H13N3. The summed E-state index contributed by atoms with van der Waals surface area (Å²) in [6.07, 6.45) is 2.07. The van der Waals surface area contributed by atoms with E-state index in [9.17, 15) is 0 Å². The topological polar surface area (TPSA) is 50.7 Å². The lowest BCUT2D eigenvalue weighted by molar-refractivity contribution is 1.08. The molecule has 0 saturated carbocycles. The molecule has 18 heavy (non-hydrogen) atoms. The molecule has 2 aromatic carbocycles. The molecule has 88 valence electrons. The van der Waals surface area contributed by atoms with Crippen molar-refractivity contribution in [1.82, 2.24) is 0 Å². The van der Waals surface area contributed by atoms with Crippen LogP contribution in [0.3, 0.4) is 0 Å². The van der Waals surface area contributed by atoms with Crippen molar-refractivity contribution >= 4 is 16.9 Å². The lowest BCUT2D eigenvalue weighted by atomic mass is 9.95. The molecule has 1 heterocycles. The van der Waals surface area contributed by atoms with E-state index in [0.717, 1.165) is 28.1 Å². The van der Waals surface area contributed by atoms with E-state index in [1.807, 2.05) is 42.5 Å². The third-order valence-electron chi connectivity index (χ3n) is 3.00. The molecule has 0 saturated heterocycles. The van der Waals surface area contributed by atoms with Gasteiger partial charge in [0.05, 0.1) is 12.2 Å². The zero-order valence-corrected chi connectivity index (χ0v) is 9.88. The summed E-state index contributed by atoms with van der Waals surface area (Å²) in [6.45, 7) is 0.582. The van der Waals surface area contributed by atoms with Gasteiger partial charge in [-0.15, -0.1) is 0 Å². The van der Waals surface area contributed by atoms with E-state index in [1.165, 1.54) is 0 Å². The number of nitrogens with zero attached hydrogens (tertiary/aromatic N) is 2. The van der Waals surface area contributed by atoms with Crippen LogP contribution in [0.1, 0.15) is 11.1 Å². The van der Waals surface area contributed by atoms with Crippen LogP contribution in [0.5, 0.6) is 0 Å². The molecule has 2 N–H and O–H groups in total. The number of nitrogen functional groups attached to an aromatic ring is 1. The maximum absolute atomic E-state index is 6.06. The second kappa shape index (κ2) is 4.45. The van der Waals surface area contributed by atoms with E-state index < -0.39 is 0 Å². The Balaban J connectivity index is 2.21. The van der Waals surface area contributed by atoms with Crippen LogP contribution < -0.4 is 5.73 Å². The average Bonchev–Trinajstić information content (AvgIpc) is 2.62. The van der Waals surface area contributed by atoms with Crippen molar-refractivity contribution in [2.24, 2.45) is 10.2 Å². The van der Waals surface area contributed by atoms with Crippen LogP contribution in [-0.4, -0.2) is 6.54 Å². The third-order valence-corrected chi connectivity index (χ3v) is 3.00. The lowest BCUT2D eigenvalue weighted by Crippen LogP contribution is -1.95. The van der Waals surface area contributed by atoms with Gasteiger partial charge in [0, 0.05) is 16.8 Å². The highest BCUT2D eigenvalue weighted by atomic mass is 15.1. The largest absolute Gasteiger partial charge is 0.398 e. The first-order valence-corrected chi connectivity index (χ1v) is 5.88. The maximum Gasteiger partial charge on any atom is 0.0931 e. The van der Waals surface area contributed by atoms with E-state index in [2.05, 4.69) is 22.4 Å². The van der Waals surface area contributed by atoms with Gasteiger partial charge in [-0.1, -0.05) is 42.5 Å². The molecule has 0 radical (unpaired) electrons.